The fraction of sp³-hybridized carbons (Fsp3) is 0.692. The van der Waals surface area contributed by atoms with E-state index in [9.17, 15) is 0 Å². The third-order valence-corrected chi connectivity index (χ3v) is 5.25. The number of likely N-dealkylation sites (N-methyl/N-ethyl adjacent to an activating group) is 2. The van der Waals surface area contributed by atoms with Gasteiger partial charge in [-0.3, -0.25) is 0 Å². The minimum absolute atomic E-state index is 1.07. The predicted octanol–water partition coefficient (Wildman–Crippen LogP) is 2.58. The minimum Gasteiger partial charge on any atom is -0.316 e. The van der Waals surface area contributed by atoms with Crippen molar-refractivity contribution in [3.63, 3.8) is 0 Å². The van der Waals surface area contributed by atoms with Crippen molar-refractivity contribution in [2.24, 2.45) is 0 Å². The molecule has 0 bridgehead atoms. The Hall–Kier alpha value is -0.0300. The molecule has 96 valence electrons. The first kappa shape index (κ1) is 13.4. The number of rotatable bonds is 6. The van der Waals surface area contributed by atoms with Gasteiger partial charge in [-0.05, 0) is 37.4 Å². The average molecular weight is 270 g/mol. The highest BCUT2D eigenvalue weighted by atomic mass is 32.2. The summed E-state index contributed by atoms with van der Waals surface area (Å²) in [6.07, 6.45) is 1.28. The summed E-state index contributed by atoms with van der Waals surface area (Å²) in [4.78, 5) is 5.59. The van der Waals surface area contributed by atoms with E-state index in [4.69, 9.17) is 0 Å². The van der Waals surface area contributed by atoms with Crippen molar-refractivity contribution in [2.45, 2.75) is 25.6 Å². The van der Waals surface area contributed by atoms with Gasteiger partial charge in [0.05, 0.1) is 0 Å². The number of thioether (sulfide) groups is 1. The molecule has 0 spiro atoms. The van der Waals surface area contributed by atoms with Gasteiger partial charge in [-0.25, -0.2) is 0 Å². The van der Waals surface area contributed by atoms with Gasteiger partial charge < -0.3 is 10.2 Å². The minimum atomic E-state index is 1.07. The normalized spacial score (nSPS) is 15.2. The van der Waals surface area contributed by atoms with Crippen LogP contribution in [0.2, 0.25) is 0 Å². The number of thiophene rings is 1. The van der Waals surface area contributed by atoms with E-state index in [0.29, 0.717) is 0 Å². The van der Waals surface area contributed by atoms with Gasteiger partial charge in [-0.2, -0.15) is 11.8 Å². The summed E-state index contributed by atoms with van der Waals surface area (Å²) >= 11 is 4.10. The summed E-state index contributed by atoms with van der Waals surface area (Å²) in [6, 6.07) is 2.43. The quantitative estimate of drug-likeness (QED) is 0.800. The van der Waals surface area contributed by atoms with E-state index in [1.807, 2.05) is 11.3 Å². The summed E-state index contributed by atoms with van der Waals surface area (Å²) in [5.41, 5.74) is 1.60. The molecule has 0 atom stereocenters. The molecule has 0 aliphatic carbocycles. The van der Waals surface area contributed by atoms with Crippen molar-refractivity contribution < 1.29 is 0 Å². The van der Waals surface area contributed by atoms with Crippen LogP contribution in [0, 0.1) is 0 Å². The molecular weight excluding hydrogens is 248 g/mol. The van der Waals surface area contributed by atoms with Crippen molar-refractivity contribution in [3.8, 4) is 0 Å². The molecule has 1 aromatic heterocycles. The van der Waals surface area contributed by atoms with Crippen LogP contribution in [-0.4, -0.2) is 37.3 Å². The molecule has 2 nitrogen and oxygen atoms in total. The lowest BCUT2D eigenvalue weighted by Gasteiger charge is -2.15. The van der Waals surface area contributed by atoms with Crippen LogP contribution in [0.15, 0.2) is 6.07 Å². The maximum absolute atomic E-state index is 3.37. The highest BCUT2D eigenvalue weighted by Crippen LogP contribution is 2.32. The summed E-state index contributed by atoms with van der Waals surface area (Å²) < 4.78 is 0. The molecule has 17 heavy (non-hydrogen) atoms. The number of aryl methyl sites for hydroxylation is 1. The number of nitrogens with zero attached hydrogens (tertiary/aromatic N) is 1. The first-order valence-corrected chi connectivity index (χ1v) is 8.34. The average Bonchev–Trinajstić information content (AvgIpc) is 2.71. The van der Waals surface area contributed by atoms with Gasteiger partial charge in [0.15, 0.2) is 0 Å². The molecule has 0 fully saturated rings. The van der Waals surface area contributed by atoms with Crippen LogP contribution in [0.3, 0.4) is 0 Å². The van der Waals surface area contributed by atoms with E-state index >= 15 is 0 Å². The molecule has 1 aliphatic heterocycles. The highest BCUT2D eigenvalue weighted by Gasteiger charge is 2.14. The molecule has 2 rings (SSSR count). The van der Waals surface area contributed by atoms with Gasteiger partial charge in [0, 0.05) is 35.1 Å². The van der Waals surface area contributed by atoms with Gasteiger partial charge in [0.2, 0.25) is 0 Å². The molecule has 0 radical (unpaired) electrons. The van der Waals surface area contributed by atoms with Crippen molar-refractivity contribution in [3.05, 3.63) is 21.4 Å². The Morgan fingerprint density at radius 2 is 2.35 bits per heavy atom. The lowest BCUT2D eigenvalue weighted by Crippen LogP contribution is -2.28. The summed E-state index contributed by atoms with van der Waals surface area (Å²) in [7, 11) is 2.21. The topological polar surface area (TPSA) is 15.3 Å². The van der Waals surface area contributed by atoms with E-state index in [0.717, 1.165) is 26.2 Å². The van der Waals surface area contributed by atoms with Crippen LogP contribution >= 0.6 is 23.1 Å². The zero-order valence-electron chi connectivity index (χ0n) is 10.8. The fourth-order valence-corrected chi connectivity index (χ4v) is 4.54. The Morgan fingerprint density at radius 3 is 3.12 bits per heavy atom. The smallest absolute Gasteiger partial charge is 0.0325 e. The molecular formula is C13H22N2S2. The van der Waals surface area contributed by atoms with Gasteiger partial charge in [-0.1, -0.05) is 6.92 Å². The third kappa shape index (κ3) is 3.98. The van der Waals surface area contributed by atoms with Gasteiger partial charge in [0.25, 0.3) is 0 Å². The molecule has 1 aliphatic rings. The molecule has 0 amide bonds. The van der Waals surface area contributed by atoms with Gasteiger partial charge >= 0.3 is 0 Å². The Morgan fingerprint density at radius 1 is 1.47 bits per heavy atom. The zero-order valence-corrected chi connectivity index (χ0v) is 12.4. The number of nitrogens with one attached hydrogen (secondary N) is 1. The maximum atomic E-state index is 3.37. The Balaban J connectivity index is 1.83. The van der Waals surface area contributed by atoms with E-state index in [1.165, 1.54) is 22.8 Å². The molecule has 0 saturated carbocycles. The second-order valence-electron chi connectivity index (χ2n) is 4.56. The lowest BCUT2D eigenvalue weighted by molar-refractivity contribution is 0.328. The Bertz CT molecular complexity index is 326. The fourth-order valence-electron chi connectivity index (χ4n) is 2.08. The first-order chi connectivity index (χ1) is 8.29. The highest BCUT2D eigenvalue weighted by molar-refractivity contribution is 7.98. The van der Waals surface area contributed by atoms with Crippen molar-refractivity contribution in [1.29, 1.82) is 0 Å². The number of fused-ring (bicyclic) bond motifs is 1. The molecule has 0 saturated heterocycles. The van der Waals surface area contributed by atoms with Crippen LogP contribution in [0.25, 0.3) is 0 Å². The largest absolute Gasteiger partial charge is 0.316 e. The van der Waals surface area contributed by atoms with Crippen LogP contribution in [0.5, 0.6) is 0 Å². The summed E-state index contributed by atoms with van der Waals surface area (Å²) in [5.74, 6) is 2.54. The molecule has 0 aromatic carbocycles. The number of hydrogen-bond donors (Lipinski definition) is 1. The second-order valence-corrected chi connectivity index (χ2v) is 6.88. The van der Waals surface area contributed by atoms with Crippen molar-refractivity contribution in [2.75, 3.05) is 32.4 Å². The third-order valence-electron chi connectivity index (χ3n) is 3.02. The van der Waals surface area contributed by atoms with Crippen LogP contribution in [0.4, 0.5) is 0 Å². The van der Waals surface area contributed by atoms with Gasteiger partial charge in [-0.15, -0.1) is 11.3 Å². The summed E-state index contributed by atoms with van der Waals surface area (Å²) in [5, 5.41) is 3.37. The maximum Gasteiger partial charge on any atom is 0.0325 e. The van der Waals surface area contributed by atoms with E-state index < -0.39 is 0 Å². The van der Waals surface area contributed by atoms with Crippen molar-refractivity contribution in [1.82, 2.24) is 10.2 Å². The van der Waals surface area contributed by atoms with Crippen LogP contribution in [0.1, 0.15) is 22.2 Å². The second kappa shape index (κ2) is 6.78. The van der Waals surface area contributed by atoms with Crippen LogP contribution in [-0.2, 0) is 18.7 Å². The molecule has 1 N–H and O–H groups in total. The van der Waals surface area contributed by atoms with Crippen molar-refractivity contribution >= 4 is 23.1 Å². The summed E-state index contributed by atoms with van der Waals surface area (Å²) in [6.45, 7) is 6.55. The molecule has 2 heterocycles. The standard InChI is InChI=1S/C13H22N2S2/c1-3-14-5-6-15(2)9-12-8-11-10-16-7-4-13(11)17-12/h8,14H,3-7,9-10H2,1-2H3. The zero-order chi connectivity index (χ0) is 12.1. The predicted molar refractivity (Wildman–Crippen MR) is 79.1 cm³/mol. The Kier molecular flexibility index (Phi) is 5.35. The van der Waals surface area contributed by atoms with E-state index in [-0.39, 0.29) is 0 Å². The Labute approximate surface area is 113 Å². The molecule has 1 aromatic rings. The number of hydrogen-bond acceptors (Lipinski definition) is 4. The first-order valence-electron chi connectivity index (χ1n) is 6.37. The van der Waals surface area contributed by atoms with Gasteiger partial charge in [0.1, 0.15) is 0 Å². The van der Waals surface area contributed by atoms with E-state index in [1.54, 1.807) is 10.4 Å². The van der Waals surface area contributed by atoms with E-state index in [2.05, 4.69) is 42.0 Å². The molecule has 0 unspecified atom stereocenters. The molecule has 4 heteroatoms. The van der Waals surface area contributed by atoms with Crippen LogP contribution < -0.4 is 5.32 Å². The SMILES string of the molecule is CCNCCN(C)Cc1cc2c(s1)CCSC2. The monoisotopic (exact) mass is 270 g/mol. The lowest BCUT2D eigenvalue weighted by atomic mass is 10.2.